The standard InChI is InChI=1S/C8H7F3N4O/c9-8(10,11)6-2-1-3-7(4-6)16-5-13-15-14-12/h1-5H,(H2,12,15)/b13-5-. The van der Waals surface area contributed by atoms with Crippen LogP contribution in [0.3, 0.4) is 0 Å². The lowest BCUT2D eigenvalue weighted by Crippen LogP contribution is -2.04. The molecule has 0 fully saturated rings. The van der Waals surface area contributed by atoms with Crippen LogP contribution in [0.15, 0.2) is 39.8 Å². The van der Waals surface area contributed by atoms with Crippen LogP contribution in [0, 0.1) is 0 Å². The first kappa shape index (κ1) is 12.0. The van der Waals surface area contributed by atoms with Crippen molar-refractivity contribution in [2.75, 3.05) is 0 Å². The molecule has 0 unspecified atom stereocenters. The van der Waals surface area contributed by atoms with Gasteiger partial charge in [-0.1, -0.05) is 16.4 Å². The summed E-state index contributed by atoms with van der Waals surface area (Å²) in [6.07, 6.45) is -3.58. The predicted octanol–water partition coefficient (Wildman–Crippen LogP) is 2.35. The zero-order chi connectivity index (χ0) is 12.0. The summed E-state index contributed by atoms with van der Waals surface area (Å²) in [6.45, 7) is 0. The number of hydrogen-bond acceptors (Lipinski definition) is 3. The van der Waals surface area contributed by atoms with Gasteiger partial charge in [-0.25, -0.2) is 0 Å². The minimum absolute atomic E-state index is 0.00852. The van der Waals surface area contributed by atoms with Crippen molar-refractivity contribution in [2.24, 2.45) is 21.4 Å². The van der Waals surface area contributed by atoms with Gasteiger partial charge in [0.25, 0.3) is 0 Å². The van der Waals surface area contributed by atoms with E-state index in [1.54, 1.807) is 0 Å². The Kier molecular flexibility index (Phi) is 3.81. The fraction of sp³-hybridized carbons (Fsp3) is 0.125. The maximum atomic E-state index is 12.3. The second-order valence-corrected chi connectivity index (χ2v) is 2.57. The van der Waals surface area contributed by atoms with Crippen molar-refractivity contribution in [2.45, 2.75) is 6.18 Å². The zero-order valence-corrected chi connectivity index (χ0v) is 7.85. The van der Waals surface area contributed by atoms with E-state index in [9.17, 15) is 13.2 Å². The lowest BCUT2D eigenvalue weighted by molar-refractivity contribution is -0.137. The first-order chi connectivity index (χ1) is 7.54. The molecule has 8 heteroatoms. The van der Waals surface area contributed by atoms with Crippen molar-refractivity contribution in [1.29, 1.82) is 0 Å². The number of nitrogens with two attached hydrogens (primary N) is 1. The summed E-state index contributed by atoms with van der Waals surface area (Å²) >= 11 is 0. The van der Waals surface area contributed by atoms with Crippen molar-refractivity contribution < 1.29 is 17.9 Å². The van der Waals surface area contributed by atoms with Crippen LogP contribution in [-0.4, -0.2) is 6.40 Å². The van der Waals surface area contributed by atoms with E-state index in [-0.39, 0.29) is 5.75 Å². The Balaban J connectivity index is 2.75. The molecule has 0 aliphatic rings. The number of ether oxygens (including phenoxy) is 1. The van der Waals surface area contributed by atoms with E-state index in [4.69, 9.17) is 4.74 Å². The van der Waals surface area contributed by atoms with Gasteiger partial charge in [0.2, 0.25) is 6.40 Å². The van der Waals surface area contributed by atoms with E-state index in [1.165, 1.54) is 12.1 Å². The molecule has 1 aromatic carbocycles. The summed E-state index contributed by atoms with van der Waals surface area (Å²) in [6, 6.07) is 4.34. The highest BCUT2D eigenvalue weighted by Crippen LogP contribution is 2.31. The quantitative estimate of drug-likeness (QED) is 0.285. The summed E-state index contributed by atoms with van der Waals surface area (Å²) in [5.41, 5.74) is -0.807. The molecule has 0 saturated carbocycles. The van der Waals surface area contributed by atoms with Crippen LogP contribution in [0.5, 0.6) is 5.75 Å². The molecule has 1 rings (SSSR count). The lowest BCUT2D eigenvalue weighted by Gasteiger charge is -2.07. The molecular weight excluding hydrogens is 225 g/mol. The SMILES string of the molecule is NN=N/N=C\Oc1cccc(C(F)(F)F)c1. The number of hydrogen-bond donors (Lipinski definition) is 1. The predicted molar refractivity (Wildman–Crippen MR) is 49.6 cm³/mol. The van der Waals surface area contributed by atoms with Gasteiger partial charge in [-0.2, -0.15) is 13.2 Å². The van der Waals surface area contributed by atoms with Gasteiger partial charge in [-0.3, -0.25) is 0 Å². The fourth-order valence-electron chi connectivity index (χ4n) is 0.881. The number of nitrogens with zero attached hydrogens (tertiary/aromatic N) is 3. The van der Waals surface area contributed by atoms with Crippen LogP contribution in [-0.2, 0) is 6.18 Å². The molecule has 0 spiro atoms. The summed E-state index contributed by atoms with van der Waals surface area (Å²) in [4.78, 5) is 0. The summed E-state index contributed by atoms with van der Waals surface area (Å²) in [5.74, 6) is 4.62. The van der Waals surface area contributed by atoms with Gasteiger partial charge in [-0.15, -0.1) is 0 Å². The molecule has 16 heavy (non-hydrogen) atoms. The highest BCUT2D eigenvalue weighted by atomic mass is 19.4. The third kappa shape index (κ3) is 3.56. The van der Waals surface area contributed by atoms with E-state index in [1.807, 2.05) is 0 Å². The van der Waals surface area contributed by atoms with Gasteiger partial charge in [-0.05, 0) is 23.4 Å². The van der Waals surface area contributed by atoms with Crippen LogP contribution in [0.4, 0.5) is 13.2 Å². The Morgan fingerprint density at radius 3 is 2.69 bits per heavy atom. The van der Waals surface area contributed by atoms with Gasteiger partial charge in [0.1, 0.15) is 5.75 Å². The van der Waals surface area contributed by atoms with Crippen molar-refractivity contribution in [3.05, 3.63) is 29.8 Å². The highest BCUT2D eigenvalue weighted by molar-refractivity contribution is 5.51. The van der Waals surface area contributed by atoms with Crippen molar-refractivity contribution in [1.82, 2.24) is 0 Å². The van der Waals surface area contributed by atoms with Crippen LogP contribution < -0.4 is 10.6 Å². The fourth-order valence-corrected chi connectivity index (χ4v) is 0.881. The number of halogens is 3. The van der Waals surface area contributed by atoms with Crippen LogP contribution in [0.1, 0.15) is 5.56 Å². The Morgan fingerprint density at radius 1 is 1.31 bits per heavy atom. The normalized spacial score (nSPS) is 12.4. The van der Waals surface area contributed by atoms with Crippen LogP contribution in [0.25, 0.3) is 0 Å². The second kappa shape index (κ2) is 5.10. The van der Waals surface area contributed by atoms with E-state index in [0.717, 1.165) is 18.5 Å². The monoisotopic (exact) mass is 232 g/mol. The van der Waals surface area contributed by atoms with E-state index in [0.29, 0.717) is 0 Å². The minimum atomic E-state index is -4.41. The molecule has 86 valence electrons. The number of benzene rings is 1. The van der Waals surface area contributed by atoms with Crippen molar-refractivity contribution in [3.63, 3.8) is 0 Å². The molecule has 0 saturated heterocycles. The van der Waals surface area contributed by atoms with E-state index < -0.39 is 11.7 Å². The summed E-state index contributed by atoms with van der Waals surface area (Å²) in [5, 5.41) is 8.96. The Labute approximate surface area is 88.4 Å². The molecule has 1 aromatic rings. The molecule has 0 radical (unpaired) electrons. The Hall–Kier alpha value is -2.12. The average Bonchev–Trinajstić information content (AvgIpc) is 2.24. The largest absolute Gasteiger partial charge is 0.444 e. The maximum absolute atomic E-state index is 12.3. The van der Waals surface area contributed by atoms with Gasteiger partial charge in [0.05, 0.1) is 5.56 Å². The molecule has 0 aliphatic heterocycles. The highest BCUT2D eigenvalue weighted by Gasteiger charge is 2.30. The van der Waals surface area contributed by atoms with Crippen LogP contribution >= 0.6 is 0 Å². The number of rotatable bonds is 3. The molecule has 5 nitrogen and oxygen atoms in total. The van der Waals surface area contributed by atoms with Crippen LogP contribution in [0.2, 0.25) is 0 Å². The summed E-state index contributed by atoms with van der Waals surface area (Å²) in [7, 11) is 0. The average molecular weight is 232 g/mol. The van der Waals surface area contributed by atoms with Gasteiger partial charge in [0.15, 0.2) is 0 Å². The van der Waals surface area contributed by atoms with E-state index >= 15 is 0 Å². The molecule has 0 amide bonds. The molecule has 0 atom stereocenters. The Morgan fingerprint density at radius 2 is 2.06 bits per heavy atom. The molecule has 2 N–H and O–H groups in total. The number of alkyl halides is 3. The maximum Gasteiger partial charge on any atom is 0.416 e. The minimum Gasteiger partial charge on any atom is -0.444 e. The second-order valence-electron chi connectivity index (χ2n) is 2.57. The first-order valence-corrected chi connectivity index (χ1v) is 3.99. The Bertz CT molecular complexity index is 403. The topological polar surface area (TPSA) is 72.3 Å². The zero-order valence-electron chi connectivity index (χ0n) is 7.85. The van der Waals surface area contributed by atoms with Gasteiger partial charge in [0, 0.05) is 0 Å². The lowest BCUT2D eigenvalue weighted by atomic mass is 10.2. The third-order valence-electron chi connectivity index (χ3n) is 1.50. The summed E-state index contributed by atoms with van der Waals surface area (Å²) < 4.78 is 41.6. The van der Waals surface area contributed by atoms with Gasteiger partial charge < -0.3 is 10.6 Å². The smallest absolute Gasteiger partial charge is 0.416 e. The third-order valence-corrected chi connectivity index (χ3v) is 1.50. The molecule has 0 heterocycles. The van der Waals surface area contributed by atoms with Gasteiger partial charge >= 0.3 is 6.18 Å². The molecular formula is C8H7F3N4O. The molecule has 0 aliphatic carbocycles. The van der Waals surface area contributed by atoms with E-state index in [2.05, 4.69) is 21.4 Å². The molecule has 0 aromatic heterocycles. The molecule has 0 bridgehead atoms. The van der Waals surface area contributed by atoms with Crippen molar-refractivity contribution >= 4 is 6.40 Å². The first-order valence-electron chi connectivity index (χ1n) is 3.99. The van der Waals surface area contributed by atoms with Crippen molar-refractivity contribution in [3.8, 4) is 5.75 Å².